The van der Waals surface area contributed by atoms with Crippen molar-refractivity contribution < 1.29 is 4.79 Å². The first kappa shape index (κ1) is 17.1. The van der Waals surface area contributed by atoms with Crippen LogP contribution in [0.2, 0.25) is 15.1 Å². The topological polar surface area (TPSA) is 84.7 Å². The molecule has 2 N–H and O–H groups in total. The molecule has 7 nitrogen and oxygen atoms in total. The lowest BCUT2D eigenvalue weighted by molar-refractivity contribution is -0.120. The highest BCUT2D eigenvalue weighted by Gasteiger charge is 2.10. The third-order valence-electron chi connectivity index (χ3n) is 2.48. The highest BCUT2D eigenvalue weighted by Crippen LogP contribution is 2.33. The molecular formula is C11H11Cl3N6OS. The lowest BCUT2D eigenvalue weighted by Crippen LogP contribution is -2.29. The van der Waals surface area contributed by atoms with E-state index in [2.05, 4.69) is 26.4 Å². The first-order chi connectivity index (χ1) is 10.5. The van der Waals surface area contributed by atoms with Gasteiger partial charge in [0, 0.05) is 24.2 Å². The molecule has 0 aliphatic rings. The van der Waals surface area contributed by atoms with E-state index in [-0.39, 0.29) is 12.3 Å². The van der Waals surface area contributed by atoms with Crippen LogP contribution in [0.3, 0.4) is 0 Å². The number of aromatic nitrogens is 4. The average molecular weight is 382 g/mol. The second-order valence-corrected chi connectivity index (χ2v) is 6.41. The molecule has 1 amide bonds. The number of benzene rings is 1. The predicted molar refractivity (Wildman–Crippen MR) is 87.4 cm³/mol. The lowest BCUT2D eigenvalue weighted by atomic mass is 10.3. The molecule has 0 unspecified atom stereocenters. The Morgan fingerprint density at radius 2 is 2.00 bits per heavy atom. The fourth-order valence-corrected chi connectivity index (χ4v) is 3.13. The van der Waals surface area contributed by atoms with Gasteiger partial charge in [-0.25, -0.2) is 4.68 Å². The smallest absolute Gasteiger partial charge is 0.239 e. The number of nitrogens with zero attached hydrogens (tertiary/aromatic N) is 4. The summed E-state index contributed by atoms with van der Waals surface area (Å²) in [6.07, 6.45) is 0.271. The Balaban J connectivity index is 1.80. The van der Waals surface area contributed by atoms with Gasteiger partial charge in [0.25, 0.3) is 0 Å². The zero-order valence-corrected chi connectivity index (χ0v) is 14.4. The van der Waals surface area contributed by atoms with Crippen LogP contribution in [0.25, 0.3) is 0 Å². The van der Waals surface area contributed by atoms with Gasteiger partial charge in [-0.05, 0) is 22.6 Å². The van der Waals surface area contributed by atoms with Crippen molar-refractivity contribution in [1.29, 1.82) is 0 Å². The van der Waals surface area contributed by atoms with Gasteiger partial charge in [0.15, 0.2) is 0 Å². The number of halogens is 3. The van der Waals surface area contributed by atoms with Crippen LogP contribution in [-0.4, -0.2) is 31.9 Å². The van der Waals surface area contributed by atoms with Gasteiger partial charge < -0.3 is 0 Å². The van der Waals surface area contributed by atoms with Crippen molar-refractivity contribution >= 4 is 58.2 Å². The predicted octanol–water partition coefficient (Wildman–Crippen LogP) is 2.80. The molecule has 0 spiro atoms. The summed E-state index contributed by atoms with van der Waals surface area (Å²) in [5.74, 6) is 0.314. The number of aryl methyl sites for hydroxylation is 1. The highest BCUT2D eigenvalue weighted by atomic mass is 35.5. The first-order valence-electron chi connectivity index (χ1n) is 6.02. The van der Waals surface area contributed by atoms with Crippen molar-refractivity contribution in [2.45, 2.75) is 11.6 Å². The molecule has 2 rings (SSSR count). The number of hydrazine groups is 1. The summed E-state index contributed by atoms with van der Waals surface area (Å²) in [4.78, 5) is 11.8. The van der Waals surface area contributed by atoms with Crippen molar-refractivity contribution in [3.8, 4) is 0 Å². The molecule has 0 saturated heterocycles. The number of anilines is 1. The quantitative estimate of drug-likeness (QED) is 0.591. The van der Waals surface area contributed by atoms with Gasteiger partial charge in [-0.1, -0.05) is 46.6 Å². The number of hydrogen-bond acceptors (Lipinski definition) is 6. The Morgan fingerprint density at radius 1 is 1.32 bits per heavy atom. The minimum Gasteiger partial charge on any atom is -0.296 e. The van der Waals surface area contributed by atoms with E-state index in [9.17, 15) is 4.79 Å². The standard InChI is InChI=1S/C11H11Cl3N6OS/c1-20-11(17-18-19-20)22-3-2-9(21)15-16-10-7(13)4-6(12)5-8(10)14/h4-5,16H,2-3H2,1H3,(H,15,21). The number of thioether (sulfide) groups is 1. The molecule has 0 atom stereocenters. The van der Waals surface area contributed by atoms with Crippen LogP contribution >= 0.6 is 46.6 Å². The molecule has 1 aromatic carbocycles. The van der Waals surface area contributed by atoms with Crippen LogP contribution in [-0.2, 0) is 11.8 Å². The van der Waals surface area contributed by atoms with Crippen LogP contribution in [0.5, 0.6) is 0 Å². The largest absolute Gasteiger partial charge is 0.296 e. The van der Waals surface area contributed by atoms with Gasteiger partial charge in [0.1, 0.15) is 0 Å². The minimum atomic E-state index is -0.218. The van der Waals surface area contributed by atoms with E-state index in [4.69, 9.17) is 34.8 Å². The summed E-state index contributed by atoms with van der Waals surface area (Å²) >= 11 is 19.2. The molecule has 0 fully saturated rings. The van der Waals surface area contributed by atoms with Crippen molar-refractivity contribution in [2.24, 2.45) is 7.05 Å². The molecule has 0 saturated carbocycles. The number of tetrazole rings is 1. The molecule has 0 aliphatic heterocycles. The molecule has 0 radical (unpaired) electrons. The molecule has 1 aromatic heterocycles. The third kappa shape index (κ3) is 4.64. The molecule has 118 valence electrons. The average Bonchev–Trinajstić information content (AvgIpc) is 2.83. The highest BCUT2D eigenvalue weighted by molar-refractivity contribution is 7.99. The second-order valence-electron chi connectivity index (χ2n) is 4.10. The molecular weight excluding hydrogens is 371 g/mol. The Labute approximate surface area is 145 Å². The number of carbonyl (C=O) groups excluding carboxylic acids is 1. The van der Waals surface area contributed by atoms with E-state index in [0.29, 0.717) is 31.7 Å². The SMILES string of the molecule is Cn1nnnc1SCCC(=O)NNc1c(Cl)cc(Cl)cc1Cl. The summed E-state index contributed by atoms with van der Waals surface area (Å²) in [5, 5.41) is 12.7. The fourth-order valence-electron chi connectivity index (χ4n) is 1.43. The molecule has 22 heavy (non-hydrogen) atoms. The van der Waals surface area contributed by atoms with Gasteiger partial charge in [0.05, 0.1) is 15.7 Å². The summed E-state index contributed by atoms with van der Waals surface area (Å²) < 4.78 is 1.54. The maximum atomic E-state index is 11.8. The zero-order chi connectivity index (χ0) is 16.1. The Morgan fingerprint density at radius 3 is 2.59 bits per heavy atom. The normalized spacial score (nSPS) is 10.5. The summed E-state index contributed by atoms with van der Waals surface area (Å²) in [6.45, 7) is 0. The maximum absolute atomic E-state index is 11.8. The number of hydrogen-bond donors (Lipinski definition) is 2. The van der Waals surface area contributed by atoms with Gasteiger partial charge in [-0.2, -0.15) is 0 Å². The minimum absolute atomic E-state index is 0.218. The number of carbonyl (C=O) groups is 1. The van der Waals surface area contributed by atoms with Crippen molar-refractivity contribution in [1.82, 2.24) is 25.6 Å². The molecule has 0 bridgehead atoms. The van der Waals surface area contributed by atoms with Crippen LogP contribution in [0.1, 0.15) is 6.42 Å². The Bertz CT molecular complexity index is 657. The fraction of sp³-hybridized carbons (Fsp3) is 0.273. The van der Waals surface area contributed by atoms with E-state index in [1.54, 1.807) is 7.05 Å². The number of amides is 1. The summed E-state index contributed by atoms with van der Waals surface area (Å²) in [5.41, 5.74) is 5.60. The van der Waals surface area contributed by atoms with Crippen LogP contribution < -0.4 is 10.9 Å². The van der Waals surface area contributed by atoms with Crippen molar-refractivity contribution in [2.75, 3.05) is 11.2 Å². The Kier molecular flexibility index (Phi) is 6.13. The lowest BCUT2D eigenvalue weighted by Gasteiger charge is -2.12. The number of rotatable bonds is 6. The van der Waals surface area contributed by atoms with Gasteiger partial charge in [-0.3, -0.25) is 15.6 Å². The van der Waals surface area contributed by atoms with Gasteiger partial charge in [0.2, 0.25) is 11.1 Å². The Hall–Kier alpha value is -1.22. The van der Waals surface area contributed by atoms with Crippen LogP contribution in [0.4, 0.5) is 5.69 Å². The van der Waals surface area contributed by atoms with Gasteiger partial charge in [-0.15, -0.1) is 5.10 Å². The van der Waals surface area contributed by atoms with E-state index >= 15 is 0 Å². The van der Waals surface area contributed by atoms with Crippen LogP contribution in [0, 0.1) is 0 Å². The molecule has 1 heterocycles. The summed E-state index contributed by atoms with van der Waals surface area (Å²) in [6, 6.07) is 3.06. The first-order valence-corrected chi connectivity index (χ1v) is 8.14. The number of nitrogens with one attached hydrogen (secondary N) is 2. The van der Waals surface area contributed by atoms with Gasteiger partial charge >= 0.3 is 0 Å². The van der Waals surface area contributed by atoms with E-state index in [0.717, 1.165) is 0 Å². The molecule has 11 heteroatoms. The van der Waals surface area contributed by atoms with Crippen molar-refractivity contribution in [3.63, 3.8) is 0 Å². The zero-order valence-electron chi connectivity index (χ0n) is 11.3. The second kappa shape index (κ2) is 7.87. The third-order valence-corrected chi connectivity index (χ3v) is 4.30. The van der Waals surface area contributed by atoms with Crippen molar-refractivity contribution in [3.05, 3.63) is 27.2 Å². The summed E-state index contributed by atoms with van der Waals surface area (Å²) in [7, 11) is 1.73. The van der Waals surface area contributed by atoms with E-state index in [1.807, 2.05) is 0 Å². The van der Waals surface area contributed by atoms with E-state index < -0.39 is 0 Å². The maximum Gasteiger partial charge on any atom is 0.239 e. The monoisotopic (exact) mass is 380 g/mol. The molecule has 0 aliphatic carbocycles. The molecule has 2 aromatic rings. The van der Waals surface area contributed by atoms with Crippen LogP contribution in [0.15, 0.2) is 17.3 Å². The van der Waals surface area contributed by atoms with E-state index in [1.165, 1.54) is 28.6 Å².